The third kappa shape index (κ3) is 7.32. The van der Waals surface area contributed by atoms with Crippen LogP contribution in [-0.2, 0) is 11.3 Å². The number of hydrogen-bond donors (Lipinski definition) is 2. The average Bonchev–Trinajstić information content (AvgIpc) is 2.50. The van der Waals surface area contributed by atoms with Gasteiger partial charge in [-0.1, -0.05) is 13.0 Å². The summed E-state index contributed by atoms with van der Waals surface area (Å²) in [6.45, 7) is 7.90. The van der Waals surface area contributed by atoms with Crippen LogP contribution in [0.1, 0.15) is 25.8 Å². The fourth-order valence-corrected chi connectivity index (χ4v) is 1.81. The van der Waals surface area contributed by atoms with Crippen LogP contribution in [0.4, 0.5) is 0 Å². The second-order valence-corrected chi connectivity index (χ2v) is 4.58. The number of benzene rings is 1. The Labute approximate surface area is 127 Å². The first kappa shape index (κ1) is 17.8. The molecule has 2 N–H and O–H groups in total. The quantitative estimate of drug-likeness (QED) is 0.578. The average molecular weight is 297 g/mol. The molecule has 0 spiro atoms. The van der Waals surface area contributed by atoms with Gasteiger partial charge < -0.3 is 24.6 Å². The van der Waals surface area contributed by atoms with Crippen LogP contribution in [-0.4, -0.2) is 44.7 Å². The third-order valence-corrected chi connectivity index (χ3v) is 2.76. The molecule has 0 amide bonds. The number of rotatable bonds is 12. The lowest BCUT2D eigenvalue weighted by atomic mass is 10.2. The molecule has 0 bridgehead atoms. The topological polar surface area (TPSA) is 60.0 Å². The Morgan fingerprint density at radius 2 is 1.90 bits per heavy atom. The van der Waals surface area contributed by atoms with E-state index in [1.165, 1.54) is 0 Å². The first-order chi connectivity index (χ1) is 10.3. The maximum Gasteiger partial charge on any atom is 0.161 e. The number of aliphatic hydroxyl groups is 1. The van der Waals surface area contributed by atoms with Crippen molar-refractivity contribution in [3.63, 3.8) is 0 Å². The largest absolute Gasteiger partial charge is 0.490 e. The summed E-state index contributed by atoms with van der Waals surface area (Å²) in [5.41, 5.74) is 1.14. The van der Waals surface area contributed by atoms with Gasteiger partial charge in [-0.05, 0) is 31.0 Å². The maximum absolute atomic E-state index is 8.60. The van der Waals surface area contributed by atoms with Crippen LogP contribution in [0.2, 0.25) is 0 Å². The van der Waals surface area contributed by atoms with Crippen molar-refractivity contribution in [1.82, 2.24) is 5.32 Å². The van der Waals surface area contributed by atoms with E-state index in [4.69, 9.17) is 19.3 Å². The van der Waals surface area contributed by atoms with Crippen molar-refractivity contribution in [2.45, 2.75) is 26.8 Å². The highest BCUT2D eigenvalue weighted by Gasteiger charge is 2.06. The molecule has 0 saturated heterocycles. The van der Waals surface area contributed by atoms with Crippen LogP contribution in [0, 0.1) is 0 Å². The predicted molar refractivity (Wildman–Crippen MR) is 83.0 cm³/mol. The van der Waals surface area contributed by atoms with Crippen molar-refractivity contribution in [2.75, 3.05) is 39.6 Å². The highest BCUT2D eigenvalue weighted by Crippen LogP contribution is 2.28. The van der Waals surface area contributed by atoms with Crippen molar-refractivity contribution in [3.8, 4) is 11.5 Å². The molecule has 120 valence electrons. The van der Waals surface area contributed by atoms with Crippen molar-refractivity contribution < 1.29 is 19.3 Å². The monoisotopic (exact) mass is 297 g/mol. The summed E-state index contributed by atoms with van der Waals surface area (Å²) in [5.74, 6) is 1.59. The summed E-state index contributed by atoms with van der Waals surface area (Å²) in [6.07, 6.45) is 0.975. The molecule has 0 aliphatic carbocycles. The summed E-state index contributed by atoms with van der Waals surface area (Å²) in [6, 6.07) is 6.01. The zero-order chi connectivity index (χ0) is 15.3. The minimum absolute atomic E-state index is 0.0664. The van der Waals surface area contributed by atoms with Gasteiger partial charge in [0.2, 0.25) is 0 Å². The zero-order valence-electron chi connectivity index (χ0n) is 13.1. The SMILES string of the molecule is CCCOc1ccc(CNCCOCCO)cc1OCC. The number of aliphatic hydroxyl groups excluding tert-OH is 1. The molecule has 0 heterocycles. The van der Waals surface area contributed by atoms with Crippen molar-refractivity contribution in [3.05, 3.63) is 23.8 Å². The van der Waals surface area contributed by atoms with E-state index in [1.54, 1.807) is 0 Å². The van der Waals surface area contributed by atoms with Crippen LogP contribution in [0.3, 0.4) is 0 Å². The molecule has 0 fully saturated rings. The lowest BCUT2D eigenvalue weighted by Crippen LogP contribution is -2.20. The van der Waals surface area contributed by atoms with Crippen LogP contribution in [0.25, 0.3) is 0 Å². The van der Waals surface area contributed by atoms with Gasteiger partial charge in [-0.25, -0.2) is 0 Å². The van der Waals surface area contributed by atoms with Crippen LogP contribution in [0.5, 0.6) is 11.5 Å². The fraction of sp³-hybridized carbons (Fsp3) is 0.625. The summed E-state index contributed by atoms with van der Waals surface area (Å²) in [4.78, 5) is 0. The first-order valence-corrected chi connectivity index (χ1v) is 7.59. The molecule has 21 heavy (non-hydrogen) atoms. The molecule has 0 aliphatic rings. The Kier molecular flexibility index (Phi) is 9.61. The third-order valence-electron chi connectivity index (χ3n) is 2.76. The van der Waals surface area contributed by atoms with Crippen LogP contribution < -0.4 is 14.8 Å². The Morgan fingerprint density at radius 1 is 1.05 bits per heavy atom. The van der Waals surface area contributed by atoms with E-state index in [1.807, 2.05) is 25.1 Å². The highest BCUT2D eigenvalue weighted by molar-refractivity contribution is 5.43. The molecule has 0 atom stereocenters. The standard InChI is InChI=1S/C16H27NO4/c1-3-9-21-15-6-5-14(12-16(15)20-4-2)13-17-7-10-19-11-8-18/h5-6,12,17-18H,3-4,7-11,13H2,1-2H3. The molecular weight excluding hydrogens is 270 g/mol. The maximum atomic E-state index is 8.60. The minimum atomic E-state index is 0.0664. The van der Waals surface area contributed by atoms with Crippen molar-refractivity contribution in [1.29, 1.82) is 0 Å². The van der Waals surface area contributed by atoms with Gasteiger partial charge in [-0.15, -0.1) is 0 Å². The van der Waals surface area contributed by atoms with Gasteiger partial charge in [-0.3, -0.25) is 0 Å². The summed E-state index contributed by atoms with van der Waals surface area (Å²) in [5, 5.41) is 11.9. The van der Waals surface area contributed by atoms with E-state index in [0.717, 1.165) is 36.6 Å². The first-order valence-electron chi connectivity index (χ1n) is 7.59. The van der Waals surface area contributed by atoms with Gasteiger partial charge in [0.1, 0.15) is 0 Å². The highest BCUT2D eigenvalue weighted by atomic mass is 16.5. The molecule has 5 nitrogen and oxygen atoms in total. The van der Waals surface area contributed by atoms with Gasteiger partial charge in [0, 0.05) is 13.1 Å². The van der Waals surface area contributed by atoms with E-state index >= 15 is 0 Å². The molecule has 0 aromatic heterocycles. The van der Waals surface area contributed by atoms with Crippen LogP contribution >= 0.6 is 0 Å². The van der Waals surface area contributed by atoms with Crippen molar-refractivity contribution >= 4 is 0 Å². The van der Waals surface area contributed by atoms with Crippen molar-refractivity contribution in [2.24, 2.45) is 0 Å². The lowest BCUT2D eigenvalue weighted by molar-refractivity contribution is 0.0938. The molecule has 0 aliphatic heterocycles. The molecule has 1 aromatic carbocycles. The molecule has 1 rings (SSSR count). The Morgan fingerprint density at radius 3 is 2.62 bits per heavy atom. The summed E-state index contributed by atoms with van der Waals surface area (Å²) in [7, 11) is 0. The van der Waals surface area contributed by atoms with Gasteiger partial charge in [0.25, 0.3) is 0 Å². The second-order valence-electron chi connectivity index (χ2n) is 4.58. The molecule has 0 unspecified atom stereocenters. The number of ether oxygens (including phenoxy) is 3. The Hall–Kier alpha value is -1.30. The molecule has 5 heteroatoms. The molecular formula is C16H27NO4. The molecule has 0 saturated carbocycles. The molecule has 1 aromatic rings. The van der Waals surface area contributed by atoms with Crippen LogP contribution in [0.15, 0.2) is 18.2 Å². The van der Waals surface area contributed by atoms with E-state index in [2.05, 4.69) is 12.2 Å². The Bertz CT molecular complexity index is 385. The summed E-state index contributed by atoms with van der Waals surface area (Å²) < 4.78 is 16.5. The van der Waals surface area contributed by atoms with E-state index in [-0.39, 0.29) is 6.61 Å². The summed E-state index contributed by atoms with van der Waals surface area (Å²) >= 11 is 0. The lowest BCUT2D eigenvalue weighted by Gasteiger charge is -2.13. The van der Waals surface area contributed by atoms with Gasteiger partial charge in [0.15, 0.2) is 11.5 Å². The molecule has 0 radical (unpaired) electrons. The number of nitrogens with one attached hydrogen (secondary N) is 1. The van der Waals surface area contributed by atoms with E-state index < -0.39 is 0 Å². The minimum Gasteiger partial charge on any atom is -0.490 e. The van der Waals surface area contributed by atoms with Gasteiger partial charge >= 0.3 is 0 Å². The van der Waals surface area contributed by atoms with E-state index in [0.29, 0.717) is 26.4 Å². The fourth-order valence-electron chi connectivity index (χ4n) is 1.81. The van der Waals surface area contributed by atoms with E-state index in [9.17, 15) is 0 Å². The Balaban J connectivity index is 2.45. The normalized spacial score (nSPS) is 10.6. The number of hydrogen-bond acceptors (Lipinski definition) is 5. The van der Waals surface area contributed by atoms with Gasteiger partial charge in [0.05, 0.1) is 33.0 Å². The smallest absolute Gasteiger partial charge is 0.161 e. The van der Waals surface area contributed by atoms with Gasteiger partial charge in [-0.2, -0.15) is 0 Å². The zero-order valence-corrected chi connectivity index (χ0v) is 13.1. The predicted octanol–water partition coefficient (Wildman–Crippen LogP) is 1.97. The second kappa shape index (κ2) is 11.4.